The van der Waals surface area contributed by atoms with Crippen molar-refractivity contribution < 1.29 is 36.8 Å². The van der Waals surface area contributed by atoms with Crippen molar-refractivity contribution in [3.8, 4) is 5.75 Å². The summed E-state index contributed by atoms with van der Waals surface area (Å²) in [5.74, 6) is 0.0868. The molecule has 0 aliphatic carbocycles. The molecule has 0 N–H and O–H groups in total. The van der Waals surface area contributed by atoms with Gasteiger partial charge in [-0.25, -0.2) is 0 Å². The molecule has 1 aromatic carbocycles. The molecule has 0 aliphatic heterocycles. The molecule has 11 heteroatoms. The molecule has 0 saturated carbocycles. The van der Waals surface area contributed by atoms with E-state index in [-0.39, 0.29) is 39.3 Å². The van der Waals surface area contributed by atoms with Gasteiger partial charge in [0, 0.05) is 12.3 Å². The summed E-state index contributed by atoms with van der Waals surface area (Å²) in [5.41, 5.74) is 2.36. The number of ether oxygens (including phenoxy) is 1. The number of hydrogen-bond donors (Lipinski definition) is 0. The number of aryl methyl sites for hydroxylation is 2. The molecule has 1 rings (SSSR count). The van der Waals surface area contributed by atoms with Crippen LogP contribution < -0.4 is 4.74 Å². The second-order valence-corrected chi connectivity index (χ2v) is 12.7. The zero-order valence-electron chi connectivity index (χ0n) is 20.9. The molecule has 0 spiro atoms. The summed E-state index contributed by atoms with van der Waals surface area (Å²) >= 11 is 5.91. The molecule has 0 aromatic heterocycles. The molecule has 0 amide bonds. The summed E-state index contributed by atoms with van der Waals surface area (Å²) in [4.78, 5) is 12.8. The van der Waals surface area contributed by atoms with Crippen LogP contribution in [0.1, 0.15) is 29.5 Å². The van der Waals surface area contributed by atoms with E-state index in [2.05, 4.69) is 26.3 Å². The highest BCUT2D eigenvalue weighted by Crippen LogP contribution is 2.71. The molecule has 0 aliphatic rings. The minimum absolute atomic E-state index is 0.163. The highest BCUT2D eigenvalue weighted by molar-refractivity contribution is 7.72. The van der Waals surface area contributed by atoms with Crippen LogP contribution in [0.25, 0.3) is 0 Å². The Morgan fingerprint density at radius 1 is 0.861 bits per heavy atom. The molecule has 1 aromatic rings. The summed E-state index contributed by atoms with van der Waals surface area (Å²) in [6.07, 6.45) is 4.94. The van der Waals surface area contributed by atoms with Crippen LogP contribution in [0.2, 0.25) is 0 Å². The second kappa shape index (κ2) is 16.2. The van der Waals surface area contributed by atoms with Gasteiger partial charge in [-0.15, -0.1) is 37.9 Å². The number of benzene rings is 1. The molecule has 0 atom stereocenters. The first-order chi connectivity index (χ1) is 17.1. The Bertz CT molecular complexity index is 926. The molecule has 0 radical (unpaired) electrons. The van der Waals surface area contributed by atoms with Gasteiger partial charge in [-0.2, -0.15) is 0 Å². The number of carbonyl (C=O) groups excluding carboxylic acids is 1. The quantitative estimate of drug-likeness (QED) is 0.0573. The highest BCUT2D eigenvalue weighted by atomic mass is 35.5. The lowest BCUT2D eigenvalue weighted by Crippen LogP contribution is -2.20. The first kappa shape index (κ1) is 32.3. The SMILES string of the molecule is C=CCOP(=O)(OCC=C)C(CCC(=O)Oc1c(C)cc(CCl)cc1C)P(=O)(OCC=C)OCC=C. The molecule has 0 saturated heterocycles. The van der Waals surface area contributed by atoms with Crippen molar-refractivity contribution in [1.29, 1.82) is 0 Å². The van der Waals surface area contributed by atoms with Gasteiger partial charge in [-0.05, 0) is 37.0 Å². The van der Waals surface area contributed by atoms with Gasteiger partial charge in [0.1, 0.15) is 5.75 Å². The van der Waals surface area contributed by atoms with E-state index in [1.165, 1.54) is 24.3 Å². The topological polar surface area (TPSA) is 97.4 Å². The maximum atomic E-state index is 13.9. The number of rotatable bonds is 19. The Hall–Kier alpha value is -1.76. The van der Waals surface area contributed by atoms with Crippen molar-refractivity contribution >= 4 is 32.8 Å². The van der Waals surface area contributed by atoms with E-state index >= 15 is 0 Å². The fourth-order valence-electron chi connectivity index (χ4n) is 3.22. The third kappa shape index (κ3) is 9.60. The average molecular weight is 561 g/mol. The van der Waals surface area contributed by atoms with Crippen LogP contribution in [0.15, 0.2) is 62.8 Å². The van der Waals surface area contributed by atoms with Gasteiger partial charge in [0.15, 0.2) is 5.40 Å². The fraction of sp³-hybridized carbons (Fsp3) is 0.400. The lowest BCUT2D eigenvalue weighted by atomic mass is 10.1. The maximum Gasteiger partial charge on any atom is 0.346 e. The van der Waals surface area contributed by atoms with Gasteiger partial charge in [0.05, 0.1) is 26.4 Å². The largest absolute Gasteiger partial charge is 0.426 e. The summed E-state index contributed by atoms with van der Waals surface area (Å²) < 4.78 is 55.2. The van der Waals surface area contributed by atoms with Crippen LogP contribution in [0, 0.1) is 13.8 Å². The van der Waals surface area contributed by atoms with E-state index < -0.39 is 26.6 Å². The highest BCUT2D eigenvalue weighted by Gasteiger charge is 2.51. The molecule has 0 unspecified atom stereocenters. The maximum absolute atomic E-state index is 13.9. The Balaban J connectivity index is 3.32. The summed E-state index contributed by atoms with van der Waals surface area (Å²) in [6.45, 7) is 17.2. The molecular formula is C25H35ClO8P2. The van der Waals surface area contributed by atoms with Gasteiger partial charge in [0.25, 0.3) is 0 Å². The zero-order valence-corrected chi connectivity index (χ0v) is 23.4. The molecule has 0 bridgehead atoms. The predicted molar refractivity (Wildman–Crippen MR) is 144 cm³/mol. The van der Waals surface area contributed by atoms with E-state index in [1.54, 1.807) is 13.8 Å². The van der Waals surface area contributed by atoms with Crippen molar-refractivity contribution in [2.75, 3.05) is 26.4 Å². The normalized spacial score (nSPS) is 11.8. The Kier molecular flexibility index (Phi) is 14.5. The van der Waals surface area contributed by atoms with E-state index in [0.29, 0.717) is 11.6 Å². The lowest BCUT2D eigenvalue weighted by molar-refractivity contribution is -0.134. The third-order valence-corrected chi connectivity index (χ3v) is 10.7. The third-order valence-electron chi connectivity index (χ3n) is 4.72. The number of alkyl halides is 1. The lowest BCUT2D eigenvalue weighted by Gasteiger charge is -2.31. The smallest absolute Gasteiger partial charge is 0.346 e. The zero-order chi connectivity index (χ0) is 27.2. The van der Waals surface area contributed by atoms with Gasteiger partial charge in [0.2, 0.25) is 0 Å². The van der Waals surface area contributed by atoms with E-state index in [1.807, 2.05) is 12.1 Å². The van der Waals surface area contributed by atoms with Crippen LogP contribution in [-0.4, -0.2) is 37.8 Å². The molecule has 8 nitrogen and oxygen atoms in total. The van der Waals surface area contributed by atoms with Gasteiger partial charge < -0.3 is 22.8 Å². The number of esters is 1. The second-order valence-electron chi connectivity index (χ2n) is 7.60. The Labute approximate surface area is 219 Å². The van der Waals surface area contributed by atoms with E-state index in [9.17, 15) is 13.9 Å². The van der Waals surface area contributed by atoms with E-state index in [4.69, 9.17) is 34.4 Å². The Morgan fingerprint density at radius 2 is 1.25 bits per heavy atom. The van der Waals surface area contributed by atoms with Crippen molar-refractivity contribution in [2.24, 2.45) is 0 Å². The van der Waals surface area contributed by atoms with Crippen molar-refractivity contribution in [2.45, 2.75) is 38.0 Å². The first-order valence-electron chi connectivity index (χ1n) is 11.2. The summed E-state index contributed by atoms with van der Waals surface area (Å²) in [6, 6.07) is 3.65. The van der Waals surface area contributed by atoms with Crippen molar-refractivity contribution in [3.63, 3.8) is 0 Å². The van der Waals surface area contributed by atoms with Crippen LogP contribution in [0.3, 0.4) is 0 Å². The van der Waals surface area contributed by atoms with Crippen molar-refractivity contribution in [1.82, 2.24) is 0 Å². The van der Waals surface area contributed by atoms with Crippen molar-refractivity contribution in [3.05, 3.63) is 79.4 Å². The van der Waals surface area contributed by atoms with E-state index in [0.717, 1.165) is 16.7 Å². The number of halogens is 1. The summed E-state index contributed by atoms with van der Waals surface area (Å²) in [5, 5.41) is -1.45. The van der Waals surface area contributed by atoms with Crippen LogP contribution in [0.4, 0.5) is 0 Å². The minimum atomic E-state index is -4.18. The van der Waals surface area contributed by atoms with Gasteiger partial charge in [-0.1, -0.05) is 36.4 Å². The first-order valence-corrected chi connectivity index (χ1v) is 14.9. The monoisotopic (exact) mass is 560 g/mol. The average Bonchev–Trinajstić information content (AvgIpc) is 2.86. The van der Waals surface area contributed by atoms with Crippen LogP contribution in [0.5, 0.6) is 5.75 Å². The number of carbonyl (C=O) groups is 1. The molecule has 0 fully saturated rings. The Morgan fingerprint density at radius 3 is 1.58 bits per heavy atom. The molecular weight excluding hydrogens is 526 g/mol. The predicted octanol–water partition coefficient (Wildman–Crippen LogP) is 7.25. The number of hydrogen-bond acceptors (Lipinski definition) is 8. The standard InChI is InChI=1S/C25H35ClO8P2/c1-7-13-30-35(28,31-14-8-2)24(36(29,32-15-9-3)33-16-10-4)12-11-23(27)34-25-20(5)17-22(19-26)18-21(25)6/h7-10,17-18,24H,1-4,11-16,19H2,5-6H3. The van der Waals surface area contributed by atoms with Gasteiger partial charge in [-0.3, -0.25) is 13.9 Å². The molecule has 200 valence electrons. The fourth-order valence-corrected chi connectivity index (χ4v) is 8.55. The minimum Gasteiger partial charge on any atom is -0.426 e. The molecule has 0 heterocycles. The van der Waals surface area contributed by atoms with Crippen LogP contribution >= 0.6 is 26.8 Å². The summed E-state index contributed by atoms with van der Waals surface area (Å²) in [7, 11) is -8.36. The van der Waals surface area contributed by atoms with Crippen LogP contribution in [-0.2, 0) is 37.9 Å². The molecule has 36 heavy (non-hydrogen) atoms. The van der Waals surface area contributed by atoms with Gasteiger partial charge >= 0.3 is 21.2 Å².